The summed E-state index contributed by atoms with van der Waals surface area (Å²) in [5.41, 5.74) is 0.953. The number of nitrogens with zero attached hydrogens (tertiary/aromatic N) is 1. The van der Waals surface area contributed by atoms with Crippen molar-refractivity contribution < 1.29 is 4.74 Å². The first kappa shape index (κ1) is 20.0. The highest BCUT2D eigenvalue weighted by Gasteiger charge is 2.20. The van der Waals surface area contributed by atoms with Crippen LogP contribution in [-0.4, -0.2) is 42.3 Å². The van der Waals surface area contributed by atoms with E-state index in [4.69, 9.17) is 17.0 Å². The van der Waals surface area contributed by atoms with E-state index < -0.39 is 0 Å². The molecular formula is C20H33N3OS. The molecule has 5 heteroatoms. The Labute approximate surface area is 158 Å². The highest BCUT2D eigenvalue weighted by Crippen LogP contribution is 2.21. The van der Waals surface area contributed by atoms with Crippen LogP contribution in [0.5, 0.6) is 5.75 Å². The van der Waals surface area contributed by atoms with Gasteiger partial charge in [-0.05, 0) is 69.4 Å². The predicted octanol–water partition coefficient (Wildman–Crippen LogP) is 4.13. The van der Waals surface area contributed by atoms with Gasteiger partial charge in [0.1, 0.15) is 5.75 Å². The van der Waals surface area contributed by atoms with E-state index >= 15 is 0 Å². The minimum absolute atomic E-state index is 0.167. The lowest BCUT2D eigenvalue weighted by atomic mass is 9.92. The lowest BCUT2D eigenvalue weighted by Gasteiger charge is -2.35. The molecule has 0 bridgehead atoms. The van der Waals surface area contributed by atoms with Crippen LogP contribution in [0.3, 0.4) is 0 Å². The minimum Gasteiger partial charge on any atom is -0.491 e. The van der Waals surface area contributed by atoms with Gasteiger partial charge in [0, 0.05) is 31.4 Å². The average Bonchev–Trinajstić information content (AvgIpc) is 2.50. The molecule has 1 heterocycles. The number of rotatable bonds is 7. The van der Waals surface area contributed by atoms with Gasteiger partial charge in [-0.25, -0.2) is 0 Å². The molecule has 1 aromatic rings. The van der Waals surface area contributed by atoms with Crippen molar-refractivity contribution in [2.45, 2.75) is 46.6 Å². The molecule has 0 amide bonds. The quantitative estimate of drug-likeness (QED) is 0.563. The molecule has 4 nitrogen and oxygen atoms in total. The first-order chi connectivity index (χ1) is 11.9. The summed E-state index contributed by atoms with van der Waals surface area (Å²) in [6.07, 6.45) is 2.64. The molecule has 0 unspecified atom stereocenters. The van der Waals surface area contributed by atoms with E-state index in [2.05, 4.69) is 29.4 Å². The van der Waals surface area contributed by atoms with Crippen LogP contribution >= 0.6 is 12.2 Å². The van der Waals surface area contributed by atoms with Gasteiger partial charge in [0.15, 0.2) is 5.11 Å². The molecule has 1 fully saturated rings. The number of hydrogen-bond donors (Lipinski definition) is 2. The highest BCUT2D eigenvalue weighted by molar-refractivity contribution is 7.80. The summed E-state index contributed by atoms with van der Waals surface area (Å²) in [7, 11) is 0. The van der Waals surface area contributed by atoms with Crippen molar-refractivity contribution in [3.8, 4) is 5.75 Å². The topological polar surface area (TPSA) is 36.5 Å². The van der Waals surface area contributed by atoms with Crippen molar-refractivity contribution in [2.75, 3.05) is 31.5 Å². The molecular weight excluding hydrogens is 330 g/mol. The Morgan fingerprint density at radius 2 is 2.00 bits per heavy atom. The Morgan fingerprint density at radius 1 is 1.28 bits per heavy atom. The van der Waals surface area contributed by atoms with Crippen LogP contribution < -0.4 is 15.4 Å². The van der Waals surface area contributed by atoms with Gasteiger partial charge in [-0.3, -0.25) is 0 Å². The van der Waals surface area contributed by atoms with Gasteiger partial charge in [0.2, 0.25) is 0 Å². The molecule has 2 N–H and O–H groups in total. The first-order valence-electron chi connectivity index (χ1n) is 9.46. The number of piperidine rings is 1. The number of benzene rings is 1. The van der Waals surface area contributed by atoms with E-state index in [0.29, 0.717) is 5.11 Å². The summed E-state index contributed by atoms with van der Waals surface area (Å²) >= 11 is 5.40. The summed E-state index contributed by atoms with van der Waals surface area (Å²) in [5, 5.41) is 7.21. The van der Waals surface area contributed by atoms with E-state index in [1.165, 1.54) is 19.5 Å². The van der Waals surface area contributed by atoms with Gasteiger partial charge in [-0.2, -0.15) is 0 Å². The third-order valence-electron chi connectivity index (χ3n) is 4.34. The SMILES string of the molecule is CC(C)Oc1cccc(NC(=S)NCCCN2C[C@@H](C)C[C@H](C)C2)c1. The van der Waals surface area contributed by atoms with Gasteiger partial charge in [0.05, 0.1) is 6.10 Å². The fraction of sp³-hybridized carbons (Fsp3) is 0.650. The second-order valence-corrected chi connectivity index (χ2v) is 8.04. The molecule has 25 heavy (non-hydrogen) atoms. The number of anilines is 1. The smallest absolute Gasteiger partial charge is 0.170 e. The molecule has 0 aliphatic carbocycles. The molecule has 140 valence electrons. The van der Waals surface area contributed by atoms with E-state index in [1.807, 2.05) is 38.1 Å². The Kier molecular flexibility index (Phi) is 7.97. The molecule has 1 saturated heterocycles. The van der Waals surface area contributed by atoms with Gasteiger partial charge in [-0.15, -0.1) is 0 Å². The number of likely N-dealkylation sites (tertiary alicyclic amines) is 1. The molecule has 2 atom stereocenters. The van der Waals surface area contributed by atoms with Crippen molar-refractivity contribution in [1.82, 2.24) is 10.2 Å². The van der Waals surface area contributed by atoms with Crippen molar-refractivity contribution in [3.63, 3.8) is 0 Å². The summed E-state index contributed by atoms with van der Waals surface area (Å²) in [5.74, 6) is 2.50. The maximum absolute atomic E-state index is 5.71. The zero-order valence-electron chi connectivity index (χ0n) is 16.0. The molecule has 0 aromatic heterocycles. The number of thiocarbonyl (C=S) groups is 1. The third kappa shape index (κ3) is 7.61. The molecule has 1 aromatic carbocycles. The van der Waals surface area contributed by atoms with E-state index in [1.54, 1.807) is 0 Å². The molecule has 0 saturated carbocycles. The minimum atomic E-state index is 0.167. The average molecular weight is 364 g/mol. The summed E-state index contributed by atoms with van der Waals surface area (Å²) < 4.78 is 5.71. The lowest BCUT2D eigenvalue weighted by Crippen LogP contribution is -2.40. The molecule has 1 aliphatic rings. The van der Waals surface area contributed by atoms with Crippen LogP contribution in [0.1, 0.15) is 40.5 Å². The fourth-order valence-electron chi connectivity index (χ4n) is 3.57. The van der Waals surface area contributed by atoms with Gasteiger partial charge >= 0.3 is 0 Å². The van der Waals surface area contributed by atoms with Crippen LogP contribution in [0.15, 0.2) is 24.3 Å². The van der Waals surface area contributed by atoms with E-state index in [0.717, 1.165) is 42.8 Å². The maximum atomic E-state index is 5.71. The van der Waals surface area contributed by atoms with Gasteiger partial charge < -0.3 is 20.3 Å². The second-order valence-electron chi connectivity index (χ2n) is 7.63. The highest BCUT2D eigenvalue weighted by atomic mass is 32.1. The largest absolute Gasteiger partial charge is 0.491 e. The normalized spacial score (nSPS) is 21.2. The zero-order chi connectivity index (χ0) is 18.2. The fourth-order valence-corrected chi connectivity index (χ4v) is 3.79. The summed E-state index contributed by atoms with van der Waals surface area (Å²) in [6, 6.07) is 7.91. The van der Waals surface area contributed by atoms with E-state index in [9.17, 15) is 0 Å². The van der Waals surface area contributed by atoms with Gasteiger partial charge in [-0.1, -0.05) is 19.9 Å². The van der Waals surface area contributed by atoms with Crippen molar-refractivity contribution in [2.24, 2.45) is 11.8 Å². The lowest BCUT2D eigenvalue weighted by molar-refractivity contribution is 0.140. The standard InChI is InChI=1S/C20H33N3OS/c1-15(2)24-19-8-5-7-18(12-19)22-20(25)21-9-6-10-23-13-16(3)11-17(4)14-23/h5,7-8,12,15-17H,6,9-11,13-14H2,1-4H3,(H2,21,22,25)/t16-,17-/m0/s1. The Morgan fingerprint density at radius 3 is 2.68 bits per heavy atom. The Balaban J connectivity index is 1.67. The predicted molar refractivity (Wildman–Crippen MR) is 110 cm³/mol. The van der Waals surface area contributed by atoms with Crippen LogP contribution in [0.2, 0.25) is 0 Å². The third-order valence-corrected chi connectivity index (χ3v) is 4.59. The number of nitrogens with one attached hydrogen (secondary N) is 2. The van der Waals surface area contributed by atoms with Crippen molar-refractivity contribution in [1.29, 1.82) is 0 Å². The molecule has 2 rings (SSSR count). The van der Waals surface area contributed by atoms with Gasteiger partial charge in [0.25, 0.3) is 0 Å². The molecule has 1 aliphatic heterocycles. The summed E-state index contributed by atoms with van der Waals surface area (Å²) in [4.78, 5) is 2.59. The molecule has 0 spiro atoms. The molecule has 0 radical (unpaired) electrons. The second kappa shape index (κ2) is 9.97. The Hall–Kier alpha value is -1.33. The van der Waals surface area contributed by atoms with Crippen molar-refractivity contribution >= 4 is 23.0 Å². The zero-order valence-corrected chi connectivity index (χ0v) is 16.9. The van der Waals surface area contributed by atoms with Crippen LogP contribution in [-0.2, 0) is 0 Å². The maximum Gasteiger partial charge on any atom is 0.170 e. The first-order valence-corrected chi connectivity index (χ1v) is 9.87. The number of hydrogen-bond acceptors (Lipinski definition) is 3. The number of ether oxygens (including phenoxy) is 1. The van der Waals surface area contributed by atoms with Crippen LogP contribution in [0.25, 0.3) is 0 Å². The van der Waals surface area contributed by atoms with Crippen LogP contribution in [0, 0.1) is 11.8 Å². The Bertz CT molecular complexity index is 539. The van der Waals surface area contributed by atoms with E-state index in [-0.39, 0.29) is 6.10 Å². The monoisotopic (exact) mass is 363 g/mol. The van der Waals surface area contributed by atoms with Crippen LogP contribution in [0.4, 0.5) is 5.69 Å². The summed E-state index contributed by atoms with van der Waals surface area (Å²) in [6.45, 7) is 13.3. The van der Waals surface area contributed by atoms with Crippen molar-refractivity contribution in [3.05, 3.63) is 24.3 Å².